The van der Waals surface area contributed by atoms with Crippen molar-refractivity contribution in [2.45, 2.75) is 19.5 Å². The Balaban J connectivity index is 1.83. The number of thiophene rings is 1. The van der Waals surface area contributed by atoms with Crippen molar-refractivity contribution in [3.63, 3.8) is 0 Å². The first-order valence-corrected chi connectivity index (χ1v) is 9.88. The molecule has 29 heavy (non-hydrogen) atoms. The average molecular weight is 409 g/mol. The Bertz CT molecular complexity index is 1080. The zero-order valence-electron chi connectivity index (χ0n) is 15.9. The number of hydrogen-bond donors (Lipinski definition) is 1. The minimum Gasteiger partial charge on any atom is -0.507 e. The van der Waals surface area contributed by atoms with Crippen LogP contribution in [0.3, 0.4) is 0 Å². The van der Waals surface area contributed by atoms with Gasteiger partial charge in [0.1, 0.15) is 23.3 Å². The van der Waals surface area contributed by atoms with Gasteiger partial charge in [-0.15, -0.1) is 11.3 Å². The Labute approximate surface area is 171 Å². The molecule has 0 saturated carbocycles. The van der Waals surface area contributed by atoms with E-state index in [1.54, 1.807) is 37.4 Å². The zero-order chi connectivity index (χ0) is 20.5. The first-order chi connectivity index (χ1) is 14.0. The largest absolute Gasteiger partial charge is 0.507 e. The van der Waals surface area contributed by atoms with E-state index in [0.717, 1.165) is 10.4 Å². The number of Topliss-reactive ketones (excluding diaryl/α,β-unsaturated/α-hetero) is 1. The van der Waals surface area contributed by atoms with E-state index in [0.29, 0.717) is 17.1 Å². The van der Waals surface area contributed by atoms with Gasteiger partial charge in [-0.25, -0.2) is 0 Å². The molecule has 2 aromatic heterocycles. The molecule has 1 N–H and O–H groups in total. The van der Waals surface area contributed by atoms with Crippen LogP contribution in [0, 0.1) is 6.92 Å². The first-order valence-electron chi connectivity index (χ1n) is 9.00. The smallest absolute Gasteiger partial charge is 0.296 e. The molecule has 0 spiro atoms. The van der Waals surface area contributed by atoms with Gasteiger partial charge < -0.3 is 19.2 Å². The molecule has 1 atom stereocenters. The summed E-state index contributed by atoms with van der Waals surface area (Å²) in [5.74, 6) is -0.528. The molecule has 1 fully saturated rings. The van der Waals surface area contributed by atoms with Crippen LogP contribution in [0.4, 0.5) is 0 Å². The molecule has 1 aromatic carbocycles. The van der Waals surface area contributed by atoms with Crippen molar-refractivity contribution >= 4 is 28.8 Å². The zero-order valence-corrected chi connectivity index (χ0v) is 16.7. The maximum absolute atomic E-state index is 12.9. The second kappa shape index (κ2) is 7.60. The number of carbonyl (C=O) groups excluding carboxylic acids is 2. The predicted octanol–water partition coefficient (Wildman–Crippen LogP) is 4.28. The molecule has 3 aromatic rings. The monoisotopic (exact) mass is 409 g/mol. The maximum Gasteiger partial charge on any atom is 0.296 e. The number of ketones is 1. The molecule has 6 nitrogen and oxygen atoms in total. The van der Waals surface area contributed by atoms with Gasteiger partial charge in [-0.2, -0.15) is 0 Å². The number of aliphatic hydroxyl groups is 1. The molecule has 148 valence electrons. The van der Waals surface area contributed by atoms with E-state index < -0.39 is 17.7 Å². The average Bonchev–Trinajstić information content (AvgIpc) is 3.46. The summed E-state index contributed by atoms with van der Waals surface area (Å²) in [4.78, 5) is 28.1. The third-order valence-corrected chi connectivity index (χ3v) is 5.79. The molecule has 1 aliphatic rings. The normalized spacial score (nSPS) is 18.4. The van der Waals surface area contributed by atoms with Crippen molar-refractivity contribution in [1.29, 1.82) is 0 Å². The second-order valence-electron chi connectivity index (χ2n) is 6.71. The SMILES string of the molecule is COc1ccc(/C(O)=C2/C(=O)C(=O)N(Cc3cccs3)C2c2ccco2)cc1C. The van der Waals surface area contributed by atoms with Crippen molar-refractivity contribution in [2.75, 3.05) is 7.11 Å². The third kappa shape index (κ3) is 3.34. The fourth-order valence-corrected chi connectivity index (χ4v) is 4.24. The Kier molecular flexibility index (Phi) is 4.98. The van der Waals surface area contributed by atoms with Crippen LogP contribution in [-0.2, 0) is 16.1 Å². The summed E-state index contributed by atoms with van der Waals surface area (Å²) in [5.41, 5.74) is 1.26. The van der Waals surface area contributed by atoms with Gasteiger partial charge in [-0.3, -0.25) is 9.59 Å². The number of hydrogen-bond acceptors (Lipinski definition) is 6. The predicted molar refractivity (Wildman–Crippen MR) is 109 cm³/mol. The summed E-state index contributed by atoms with van der Waals surface area (Å²) in [7, 11) is 1.56. The van der Waals surface area contributed by atoms with Crippen LogP contribution in [0.15, 0.2) is 64.1 Å². The number of aryl methyl sites for hydroxylation is 1. The van der Waals surface area contributed by atoms with Crippen LogP contribution in [0.5, 0.6) is 5.75 Å². The van der Waals surface area contributed by atoms with Gasteiger partial charge in [-0.05, 0) is 54.3 Å². The second-order valence-corrected chi connectivity index (χ2v) is 7.74. The lowest BCUT2D eigenvalue weighted by Crippen LogP contribution is -2.28. The number of nitrogens with zero attached hydrogens (tertiary/aromatic N) is 1. The van der Waals surface area contributed by atoms with Gasteiger partial charge in [0.25, 0.3) is 11.7 Å². The van der Waals surface area contributed by atoms with Gasteiger partial charge in [0.05, 0.1) is 25.5 Å². The van der Waals surface area contributed by atoms with Crippen molar-refractivity contribution in [2.24, 2.45) is 0 Å². The van der Waals surface area contributed by atoms with Crippen molar-refractivity contribution in [1.82, 2.24) is 4.90 Å². The first kappa shape index (κ1) is 19.0. The lowest BCUT2D eigenvalue weighted by Gasteiger charge is -2.22. The number of ether oxygens (including phenoxy) is 1. The van der Waals surface area contributed by atoms with Crippen LogP contribution in [0.1, 0.15) is 27.8 Å². The third-order valence-electron chi connectivity index (χ3n) is 4.93. The molecular formula is C22H19NO5S. The van der Waals surface area contributed by atoms with Crippen LogP contribution in [0.25, 0.3) is 5.76 Å². The van der Waals surface area contributed by atoms with E-state index in [1.165, 1.54) is 22.5 Å². The molecule has 0 bridgehead atoms. The van der Waals surface area contributed by atoms with E-state index in [4.69, 9.17) is 9.15 Å². The summed E-state index contributed by atoms with van der Waals surface area (Å²) >= 11 is 1.50. The lowest BCUT2D eigenvalue weighted by atomic mass is 9.98. The summed E-state index contributed by atoms with van der Waals surface area (Å²) < 4.78 is 10.8. The number of furan rings is 1. The number of amides is 1. The van der Waals surface area contributed by atoms with Crippen LogP contribution in [-0.4, -0.2) is 28.8 Å². The highest BCUT2D eigenvalue weighted by molar-refractivity contribution is 7.09. The molecule has 1 aliphatic heterocycles. The molecule has 3 heterocycles. The molecular weight excluding hydrogens is 390 g/mol. The number of methoxy groups -OCH3 is 1. The lowest BCUT2D eigenvalue weighted by molar-refractivity contribution is -0.140. The summed E-state index contributed by atoms with van der Waals surface area (Å²) in [6.45, 7) is 2.10. The molecule has 1 amide bonds. The molecule has 0 aliphatic carbocycles. The van der Waals surface area contributed by atoms with E-state index in [1.807, 2.05) is 24.4 Å². The van der Waals surface area contributed by atoms with Crippen LogP contribution in [0.2, 0.25) is 0 Å². The minimum absolute atomic E-state index is 0.0195. The summed E-state index contributed by atoms with van der Waals surface area (Å²) in [5, 5.41) is 12.9. The van der Waals surface area contributed by atoms with E-state index in [9.17, 15) is 14.7 Å². The van der Waals surface area contributed by atoms with Crippen molar-refractivity contribution in [3.8, 4) is 5.75 Å². The van der Waals surface area contributed by atoms with E-state index >= 15 is 0 Å². The van der Waals surface area contributed by atoms with Gasteiger partial charge in [-0.1, -0.05) is 6.07 Å². The standard InChI is InChI=1S/C22H19NO5S/c1-13-11-14(7-8-16(13)27-2)20(24)18-19(17-6-3-9-28-17)23(22(26)21(18)25)12-15-5-4-10-29-15/h3-11,19,24H,12H2,1-2H3/b20-18-. The van der Waals surface area contributed by atoms with Gasteiger partial charge in [0, 0.05) is 10.4 Å². The topological polar surface area (TPSA) is 80.0 Å². The van der Waals surface area contributed by atoms with Crippen molar-refractivity contribution < 1.29 is 23.8 Å². The fourth-order valence-electron chi connectivity index (χ4n) is 3.54. The molecule has 1 saturated heterocycles. The maximum atomic E-state index is 12.9. The van der Waals surface area contributed by atoms with Crippen LogP contribution >= 0.6 is 11.3 Å². The summed E-state index contributed by atoms with van der Waals surface area (Å²) in [6, 6.07) is 11.5. The Morgan fingerprint density at radius 1 is 1.24 bits per heavy atom. The fraction of sp³-hybridized carbons (Fsp3) is 0.182. The highest BCUT2D eigenvalue weighted by Crippen LogP contribution is 2.41. The number of carbonyl (C=O) groups is 2. The number of likely N-dealkylation sites (tertiary alicyclic amines) is 1. The van der Waals surface area contributed by atoms with Gasteiger partial charge in [0.15, 0.2) is 0 Å². The molecule has 4 rings (SSSR count). The molecule has 0 radical (unpaired) electrons. The molecule has 7 heteroatoms. The number of aliphatic hydroxyl groups excluding tert-OH is 1. The number of rotatable bonds is 5. The number of benzene rings is 1. The van der Waals surface area contributed by atoms with Crippen molar-refractivity contribution in [3.05, 3.63) is 81.4 Å². The van der Waals surface area contributed by atoms with E-state index in [-0.39, 0.29) is 17.9 Å². The Morgan fingerprint density at radius 3 is 2.69 bits per heavy atom. The molecule has 1 unspecified atom stereocenters. The Hall–Kier alpha value is -3.32. The van der Waals surface area contributed by atoms with Gasteiger partial charge >= 0.3 is 0 Å². The highest BCUT2D eigenvalue weighted by Gasteiger charge is 2.47. The highest BCUT2D eigenvalue weighted by atomic mass is 32.1. The van der Waals surface area contributed by atoms with Crippen LogP contribution < -0.4 is 4.74 Å². The van der Waals surface area contributed by atoms with E-state index in [2.05, 4.69) is 0 Å². The van der Waals surface area contributed by atoms with Gasteiger partial charge in [0.2, 0.25) is 0 Å². The Morgan fingerprint density at radius 2 is 2.07 bits per heavy atom. The quantitative estimate of drug-likeness (QED) is 0.387. The summed E-state index contributed by atoms with van der Waals surface area (Å²) in [6.07, 6.45) is 1.48. The minimum atomic E-state index is -0.797.